The predicted molar refractivity (Wildman–Crippen MR) is 195 cm³/mol. The van der Waals surface area contributed by atoms with E-state index in [0.29, 0.717) is 37.9 Å². The van der Waals surface area contributed by atoms with Crippen molar-refractivity contribution in [2.24, 2.45) is 0 Å². The number of benzene rings is 3. The minimum atomic E-state index is -0.779. The molecule has 3 aliphatic heterocycles. The summed E-state index contributed by atoms with van der Waals surface area (Å²) in [7, 11) is 0. The fourth-order valence-electron chi connectivity index (χ4n) is 3.98. The number of hydrogen-bond donors (Lipinski definition) is 1. The molecule has 0 bridgehead atoms. The fourth-order valence-corrected chi connectivity index (χ4v) is 4.45. The van der Waals surface area contributed by atoms with Gasteiger partial charge in [-0.3, -0.25) is 0 Å². The van der Waals surface area contributed by atoms with Crippen molar-refractivity contribution in [3.8, 4) is 11.5 Å². The van der Waals surface area contributed by atoms with Crippen LogP contribution in [0.25, 0.3) is 0 Å². The van der Waals surface area contributed by atoms with E-state index in [0.717, 1.165) is 26.7 Å². The molecule has 6 rings (SSSR count). The summed E-state index contributed by atoms with van der Waals surface area (Å²) in [6, 6.07) is 21.0. The van der Waals surface area contributed by atoms with Crippen LogP contribution in [0, 0.1) is 0 Å². The summed E-state index contributed by atoms with van der Waals surface area (Å²) < 4.78 is 33.6. The maximum absolute atomic E-state index is 10.8. The fraction of sp³-hybridized carbons (Fsp3) is 0.231. The first kappa shape index (κ1) is 45.5. The van der Waals surface area contributed by atoms with Crippen LogP contribution in [0.15, 0.2) is 120 Å². The van der Waals surface area contributed by atoms with E-state index < -0.39 is 12.4 Å². The first-order chi connectivity index (χ1) is 24.4. The topological polar surface area (TPSA) is 144 Å². The number of hydrogen-bond acceptors (Lipinski definition) is 11. The molecule has 3 aromatic carbocycles. The van der Waals surface area contributed by atoms with Crippen LogP contribution in [0.2, 0.25) is 0 Å². The van der Waals surface area contributed by atoms with E-state index in [1.54, 1.807) is 6.07 Å². The molecular weight excluding hydrogens is 724 g/mol. The Bertz CT molecular complexity index is 1660. The van der Waals surface area contributed by atoms with Crippen molar-refractivity contribution in [3.05, 3.63) is 143 Å². The zero-order chi connectivity index (χ0) is 37.0. The molecule has 2 fully saturated rings. The smallest absolute Gasteiger partial charge is 0.231 e. The third-order valence-electron chi connectivity index (χ3n) is 5.95. The van der Waals surface area contributed by atoms with Gasteiger partial charge in [0.25, 0.3) is 0 Å². The molecule has 3 aliphatic rings. The second-order valence-electron chi connectivity index (χ2n) is 8.93. The summed E-state index contributed by atoms with van der Waals surface area (Å²) in [6.45, 7) is 14.4. The number of fused-ring (bicyclic) bond motifs is 1. The van der Waals surface area contributed by atoms with Crippen LogP contribution < -0.4 is 9.47 Å². The van der Waals surface area contributed by atoms with Gasteiger partial charge in [0.05, 0.1) is 26.4 Å². The molecule has 1 atom stereocenters. The van der Waals surface area contributed by atoms with Crippen molar-refractivity contribution in [3.63, 3.8) is 0 Å². The average Bonchev–Trinajstić information content (AvgIpc) is 3.99. The van der Waals surface area contributed by atoms with Crippen molar-refractivity contribution in [2.45, 2.75) is 26.1 Å². The Labute approximate surface area is 306 Å². The van der Waals surface area contributed by atoms with E-state index >= 15 is 0 Å². The molecule has 3 aromatic rings. The summed E-state index contributed by atoms with van der Waals surface area (Å²) in [5.74, 6) is 6.63. The highest BCUT2D eigenvalue weighted by Gasteiger charge is 2.25. The number of carbonyl (C=O) groups excluding carboxylic acids is 4. The van der Waals surface area contributed by atoms with E-state index in [1.807, 2.05) is 83.6 Å². The number of halogens is 1. The molecule has 0 saturated carbocycles. The summed E-state index contributed by atoms with van der Waals surface area (Å²) in [4.78, 5) is 35.5. The van der Waals surface area contributed by atoms with Gasteiger partial charge in [0.2, 0.25) is 6.79 Å². The molecule has 0 spiro atoms. The van der Waals surface area contributed by atoms with Gasteiger partial charge in [-0.05, 0) is 78.6 Å². The molecule has 0 aliphatic carbocycles. The highest BCUT2D eigenvalue weighted by Crippen LogP contribution is 2.38. The second-order valence-corrected chi connectivity index (χ2v) is 9.78. The lowest BCUT2D eigenvalue weighted by molar-refractivity contribution is -0.0457. The van der Waals surface area contributed by atoms with E-state index in [4.69, 9.17) is 47.6 Å². The van der Waals surface area contributed by atoms with Crippen LogP contribution in [0.1, 0.15) is 49.8 Å². The minimum Gasteiger partial charge on any atom is -0.454 e. The van der Waals surface area contributed by atoms with E-state index in [9.17, 15) is 5.11 Å². The van der Waals surface area contributed by atoms with Crippen LogP contribution >= 0.6 is 15.9 Å². The Morgan fingerprint density at radius 3 is 1.53 bits per heavy atom. The summed E-state index contributed by atoms with van der Waals surface area (Å²) in [5.41, 5.74) is 10.9. The largest absolute Gasteiger partial charge is 0.454 e. The molecule has 0 amide bonds. The van der Waals surface area contributed by atoms with Crippen LogP contribution in [0.5, 0.6) is 11.5 Å². The lowest BCUT2D eigenvalue weighted by Gasteiger charge is -2.19. The van der Waals surface area contributed by atoms with Gasteiger partial charge < -0.3 is 33.5 Å². The minimum absolute atomic E-state index is 0. The molecule has 268 valence electrons. The standard InChI is InChI=1S/C17H16O5.C9H9BrO2.4C3H2O.CH4.H2/c18-16(11-5-6-14-15(9-11)22-10-21-14)12-3-1-2-4-13(12)17-19-7-8-20-17;10-8-4-2-1-3-7(8)9-11-5-6-12-9;4*1-2-3-4;;/h1-6,9,16-18H,7-8,10H2;1-4,9H,5-6H2;4*1H2;1H4;1H/i;;;;;;;1+1. The van der Waals surface area contributed by atoms with Crippen LogP contribution in [-0.4, -0.2) is 62.1 Å². The van der Waals surface area contributed by atoms with Crippen molar-refractivity contribution in [2.75, 3.05) is 33.2 Å². The van der Waals surface area contributed by atoms with Gasteiger partial charge in [-0.2, -0.15) is 0 Å². The first-order valence-electron chi connectivity index (χ1n) is 14.3. The zero-order valence-corrected chi connectivity index (χ0v) is 28.4. The summed E-state index contributed by atoms with van der Waals surface area (Å²) >= 11 is 3.45. The summed E-state index contributed by atoms with van der Waals surface area (Å²) in [5, 5.41) is 10.8. The number of rotatable bonds is 4. The Morgan fingerprint density at radius 2 is 1.06 bits per heavy atom. The number of aliphatic hydroxyl groups is 1. The van der Waals surface area contributed by atoms with E-state index in [-0.39, 0.29) is 21.9 Å². The van der Waals surface area contributed by atoms with Gasteiger partial charge >= 0.3 is 0 Å². The van der Waals surface area contributed by atoms with Crippen molar-refractivity contribution in [1.82, 2.24) is 0 Å². The number of aliphatic hydroxyl groups excluding tert-OH is 1. The maximum atomic E-state index is 10.8. The molecule has 11 nitrogen and oxygen atoms in total. The highest BCUT2D eigenvalue weighted by atomic mass is 79.9. The van der Waals surface area contributed by atoms with Crippen LogP contribution in [0.3, 0.4) is 0 Å². The zero-order valence-electron chi connectivity index (χ0n) is 26.9. The third kappa shape index (κ3) is 16.6. The predicted octanol–water partition coefficient (Wildman–Crippen LogP) is 6.56. The van der Waals surface area contributed by atoms with Crippen molar-refractivity contribution in [1.29, 1.82) is 0 Å². The quantitative estimate of drug-likeness (QED) is 0.228. The van der Waals surface area contributed by atoms with Crippen LogP contribution in [-0.2, 0) is 38.1 Å². The second kappa shape index (κ2) is 28.3. The highest BCUT2D eigenvalue weighted by molar-refractivity contribution is 9.10. The van der Waals surface area contributed by atoms with Gasteiger partial charge in [-0.1, -0.05) is 71.9 Å². The first-order valence-corrected chi connectivity index (χ1v) is 15.1. The molecule has 51 heavy (non-hydrogen) atoms. The molecule has 3 heterocycles. The molecule has 2 saturated heterocycles. The normalized spacial score (nSPS) is 13.3. The maximum Gasteiger partial charge on any atom is 0.231 e. The Kier molecular flexibility index (Phi) is 25.2. The van der Waals surface area contributed by atoms with E-state index in [1.165, 1.54) is 23.8 Å². The van der Waals surface area contributed by atoms with Gasteiger partial charge in [0.15, 0.2) is 47.8 Å². The Balaban J connectivity index is 0. The molecule has 1 N–H and O–H groups in total. The molecule has 1 unspecified atom stereocenters. The van der Waals surface area contributed by atoms with Crippen molar-refractivity contribution >= 4 is 39.7 Å². The monoisotopic (exact) mass is 763 g/mol. The van der Waals surface area contributed by atoms with E-state index in [2.05, 4.69) is 42.2 Å². The third-order valence-corrected chi connectivity index (χ3v) is 6.67. The van der Waals surface area contributed by atoms with Crippen LogP contribution in [0.4, 0.5) is 0 Å². The molecule has 0 radical (unpaired) electrons. The average molecular weight is 765 g/mol. The van der Waals surface area contributed by atoms with Gasteiger partial charge in [0.1, 0.15) is 6.10 Å². The Hall–Kier alpha value is -5.54. The van der Waals surface area contributed by atoms with Crippen molar-refractivity contribution < 1.29 is 54.1 Å². The lowest BCUT2D eigenvalue weighted by Crippen LogP contribution is -2.08. The van der Waals surface area contributed by atoms with Gasteiger partial charge in [-0.15, -0.1) is 0 Å². The Morgan fingerprint density at radius 1 is 0.647 bits per heavy atom. The lowest BCUT2D eigenvalue weighted by atomic mass is 9.96. The van der Waals surface area contributed by atoms with Gasteiger partial charge in [0, 0.05) is 17.0 Å². The SMILES string of the molecule is Brc1ccccc1C1OCCO1.C.C=C=C=O.C=C=C=O.C=C=C=O.C=C=C=O.OC(c1ccc2c(c1)OCO2)c1ccccc1C1OCCO1.[2HH]. The molecule has 12 heteroatoms. The number of ether oxygens (including phenoxy) is 6. The molecular formula is C39H39BrO11. The molecule has 0 aromatic heterocycles. The summed E-state index contributed by atoms with van der Waals surface area (Å²) in [6.07, 6.45) is -1.38. The van der Waals surface area contributed by atoms with Gasteiger partial charge in [-0.25, -0.2) is 19.2 Å².